The van der Waals surface area contributed by atoms with Crippen LogP contribution in [0.15, 0.2) is 47.0 Å². The van der Waals surface area contributed by atoms with Crippen LogP contribution in [-0.2, 0) is 41.6 Å². The molecule has 0 aromatic heterocycles. The molecule has 1 heterocycles. The third-order valence-electron chi connectivity index (χ3n) is 9.80. The van der Waals surface area contributed by atoms with E-state index in [0.29, 0.717) is 18.4 Å². The lowest BCUT2D eigenvalue weighted by molar-refractivity contribution is -0.152. The second-order valence-corrected chi connectivity index (χ2v) is 16.2. The van der Waals surface area contributed by atoms with Gasteiger partial charge in [-0.2, -0.15) is 0 Å². The van der Waals surface area contributed by atoms with Gasteiger partial charge in [-0.05, 0) is 46.8 Å². The Labute approximate surface area is 309 Å². The number of hydrogen-bond donors (Lipinski definition) is 4. The van der Waals surface area contributed by atoms with Gasteiger partial charge in [0, 0.05) is 25.3 Å². The van der Waals surface area contributed by atoms with Crippen molar-refractivity contribution in [1.29, 1.82) is 0 Å². The number of fused-ring (bicyclic) bond motifs is 1. The molecule has 4 rings (SSSR count). The molecule has 3 aliphatic rings. The zero-order valence-electron chi connectivity index (χ0n) is 29.8. The molecule has 278 valence electrons. The number of likely N-dealkylation sites (tertiary alicyclic amines) is 1. The highest BCUT2D eigenvalue weighted by molar-refractivity contribution is 6.56. The van der Waals surface area contributed by atoms with Gasteiger partial charge in [0.15, 0.2) is 0 Å². The molecule has 2 fully saturated rings. The molecule has 0 bridgehead atoms. The number of amides is 5. The van der Waals surface area contributed by atoms with Gasteiger partial charge in [-0.25, -0.2) is 9.59 Å². The third-order valence-corrected chi connectivity index (χ3v) is 10.2. The normalized spacial score (nSPS) is 20.4. The van der Waals surface area contributed by atoms with Crippen molar-refractivity contribution in [2.75, 3.05) is 6.54 Å². The fourth-order valence-corrected chi connectivity index (χ4v) is 7.24. The summed E-state index contributed by atoms with van der Waals surface area (Å²) in [6.45, 7) is 12.6. The Hall–Kier alpha value is -3.90. The van der Waals surface area contributed by atoms with Crippen LogP contribution in [0.25, 0.3) is 0 Å². The maximum Gasteiger partial charge on any atom is 0.329 e. The average molecular weight is 747 g/mol. The van der Waals surface area contributed by atoms with Crippen LogP contribution in [0.4, 0.5) is 4.79 Å². The Morgan fingerprint density at radius 3 is 2.12 bits per heavy atom. The average Bonchev–Trinajstić information content (AvgIpc) is 3.60. The van der Waals surface area contributed by atoms with Gasteiger partial charge in [0.05, 0.1) is 6.04 Å². The molecular formula is C37H49Cl2N5O7. The smallest absolute Gasteiger partial charge is 0.329 e. The number of esters is 1. The van der Waals surface area contributed by atoms with E-state index >= 15 is 0 Å². The molecule has 1 aromatic rings. The molecule has 1 unspecified atom stereocenters. The molecule has 1 saturated heterocycles. The number of urea groups is 1. The van der Waals surface area contributed by atoms with Crippen LogP contribution < -0.4 is 21.7 Å². The number of hydrogen-bond acceptors (Lipinski definition) is 7. The number of carbonyl (C=O) groups excluding carboxylic acids is 6. The second kappa shape index (κ2) is 16.6. The minimum atomic E-state index is -1.17. The van der Waals surface area contributed by atoms with Gasteiger partial charge in [-0.1, -0.05) is 108 Å². The molecule has 5 atom stereocenters. The van der Waals surface area contributed by atoms with E-state index in [-0.39, 0.29) is 41.8 Å². The van der Waals surface area contributed by atoms with E-state index in [0.717, 1.165) is 24.0 Å². The second-order valence-electron chi connectivity index (χ2n) is 15.2. The number of Topliss-reactive ketones (excluding diaryl/α,β-unsaturated/α-hetero) is 1. The third kappa shape index (κ3) is 10.1. The van der Waals surface area contributed by atoms with Crippen LogP contribution in [-0.4, -0.2) is 77.2 Å². The molecular weight excluding hydrogens is 697 g/mol. The van der Waals surface area contributed by atoms with Crippen LogP contribution in [0, 0.1) is 23.2 Å². The minimum absolute atomic E-state index is 0.00112. The molecule has 14 heteroatoms. The van der Waals surface area contributed by atoms with Crippen molar-refractivity contribution in [3.63, 3.8) is 0 Å². The predicted molar refractivity (Wildman–Crippen MR) is 193 cm³/mol. The summed E-state index contributed by atoms with van der Waals surface area (Å²) in [5.74, 6) is -4.56. The SMILES string of the molecule is C=CC(=C(Cl)Cl)[C@@H]1C[C@@H](C(=O)NC(CC2CC2)C(=O)C(N)=O)N(C(=O)[C@@H](NC(=O)N[C@H](C(=O)OC2Cc3ccccc3C2)C(C)C)C(C)(C)C)C1. The minimum Gasteiger partial charge on any atom is -0.460 e. The summed E-state index contributed by atoms with van der Waals surface area (Å²) in [7, 11) is 0. The Balaban J connectivity index is 1.52. The number of benzene rings is 1. The van der Waals surface area contributed by atoms with Crippen molar-refractivity contribution in [2.24, 2.45) is 28.9 Å². The lowest BCUT2D eigenvalue weighted by Crippen LogP contribution is -2.61. The van der Waals surface area contributed by atoms with Crippen LogP contribution >= 0.6 is 23.2 Å². The molecule has 12 nitrogen and oxygen atoms in total. The van der Waals surface area contributed by atoms with Gasteiger partial charge in [-0.15, -0.1) is 0 Å². The first-order chi connectivity index (χ1) is 23.9. The quantitative estimate of drug-likeness (QED) is 0.127. The van der Waals surface area contributed by atoms with Crippen LogP contribution in [0.3, 0.4) is 0 Å². The highest BCUT2D eigenvalue weighted by atomic mass is 35.5. The summed E-state index contributed by atoms with van der Waals surface area (Å²) in [5.41, 5.74) is 7.08. The molecule has 5 amide bonds. The number of carbonyl (C=O) groups is 6. The van der Waals surface area contributed by atoms with Crippen molar-refractivity contribution in [2.45, 2.75) is 103 Å². The van der Waals surface area contributed by atoms with Gasteiger partial charge in [0.1, 0.15) is 28.7 Å². The fraction of sp³-hybridized carbons (Fsp3) is 0.568. The fourth-order valence-electron chi connectivity index (χ4n) is 6.78. The standard InChI is InChI=1S/C37H49Cl2N5O7/c1-7-25(31(38)39)23-17-27(33(47)41-26(14-20-12-13-20)29(45)32(40)46)44(18-23)34(48)30(37(4,5)6)43-36(50)42-28(19(2)3)35(49)51-24-15-21-10-8-9-11-22(21)16-24/h7-11,19-20,23-24,26-28,30H,1,12-18H2,2-6H3,(H2,40,46)(H,41,47)(H2,42,43,50)/t23-,26?,27+,28+,30-/m1/s1. The van der Waals surface area contributed by atoms with Gasteiger partial charge >= 0.3 is 12.0 Å². The lowest BCUT2D eigenvalue weighted by atomic mass is 9.85. The number of primary amides is 1. The Bertz CT molecular complexity index is 1560. The number of nitrogens with zero attached hydrogens (tertiary/aromatic N) is 1. The number of halogens is 2. The summed E-state index contributed by atoms with van der Waals surface area (Å²) in [5, 5.41) is 8.12. The summed E-state index contributed by atoms with van der Waals surface area (Å²) in [4.78, 5) is 81.0. The van der Waals surface area contributed by atoms with Crippen molar-refractivity contribution < 1.29 is 33.5 Å². The van der Waals surface area contributed by atoms with E-state index in [1.54, 1.807) is 34.6 Å². The molecule has 1 aliphatic heterocycles. The Morgan fingerprint density at radius 1 is 1.02 bits per heavy atom. The van der Waals surface area contributed by atoms with E-state index in [4.69, 9.17) is 33.7 Å². The van der Waals surface area contributed by atoms with E-state index in [2.05, 4.69) is 22.5 Å². The van der Waals surface area contributed by atoms with Crippen LogP contribution in [0.2, 0.25) is 0 Å². The van der Waals surface area contributed by atoms with Crippen molar-refractivity contribution in [1.82, 2.24) is 20.9 Å². The summed E-state index contributed by atoms with van der Waals surface area (Å²) in [6.07, 6.45) is 4.33. The van der Waals surface area contributed by atoms with Gasteiger partial charge in [0.2, 0.25) is 17.6 Å². The molecule has 2 aliphatic carbocycles. The zero-order chi connectivity index (χ0) is 37.8. The van der Waals surface area contributed by atoms with Gasteiger partial charge in [0.25, 0.3) is 5.91 Å². The van der Waals surface area contributed by atoms with E-state index in [1.165, 1.54) is 11.0 Å². The van der Waals surface area contributed by atoms with E-state index in [1.807, 2.05) is 24.3 Å². The van der Waals surface area contributed by atoms with Crippen molar-refractivity contribution in [3.05, 3.63) is 58.1 Å². The number of nitrogens with two attached hydrogens (primary N) is 1. The topological polar surface area (TPSA) is 177 Å². The Morgan fingerprint density at radius 2 is 1.63 bits per heavy atom. The van der Waals surface area contributed by atoms with Gasteiger partial charge < -0.3 is 31.3 Å². The molecule has 1 saturated carbocycles. The lowest BCUT2D eigenvalue weighted by Gasteiger charge is -2.36. The number of ketones is 1. The number of nitrogens with one attached hydrogen (secondary N) is 3. The van der Waals surface area contributed by atoms with Crippen molar-refractivity contribution >= 4 is 58.7 Å². The Kier molecular flexibility index (Phi) is 13.0. The number of ether oxygens (including phenoxy) is 1. The molecule has 5 N–H and O–H groups in total. The highest BCUT2D eigenvalue weighted by Gasteiger charge is 2.47. The summed E-state index contributed by atoms with van der Waals surface area (Å²) >= 11 is 12.3. The number of allylic oxidation sites excluding steroid dienone is 1. The molecule has 0 radical (unpaired) electrons. The van der Waals surface area contributed by atoms with Crippen LogP contribution in [0.5, 0.6) is 0 Å². The summed E-state index contributed by atoms with van der Waals surface area (Å²) in [6, 6.07) is 2.69. The summed E-state index contributed by atoms with van der Waals surface area (Å²) < 4.78 is 5.75. The first-order valence-electron chi connectivity index (χ1n) is 17.4. The predicted octanol–water partition coefficient (Wildman–Crippen LogP) is 3.87. The van der Waals surface area contributed by atoms with Crippen molar-refractivity contribution in [3.8, 4) is 0 Å². The monoisotopic (exact) mass is 745 g/mol. The number of rotatable bonds is 14. The highest BCUT2D eigenvalue weighted by Crippen LogP contribution is 2.37. The maximum absolute atomic E-state index is 14.4. The van der Waals surface area contributed by atoms with Gasteiger partial charge in [-0.3, -0.25) is 19.2 Å². The first-order valence-corrected chi connectivity index (χ1v) is 18.1. The van der Waals surface area contributed by atoms with Crippen LogP contribution in [0.1, 0.15) is 71.4 Å². The zero-order valence-corrected chi connectivity index (χ0v) is 31.3. The first kappa shape index (κ1) is 39.9. The maximum atomic E-state index is 14.4. The van der Waals surface area contributed by atoms with E-state index in [9.17, 15) is 28.8 Å². The molecule has 1 aromatic carbocycles. The molecule has 51 heavy (non-hydrogen) atoms. The largest absolute Gasteiger partial charge is 0.460 e. The molecule has 0 spiro atoms. The van der Waals surface area contributed by atoms with E-state index < -0.39 is 71.0 Å².